The average Bonchev–Trinajstić information content (AvgIpc) is 2.94. The topological polar surface area (TPSA) is 124 Å². The van der Waals surface area contributed by atoms with Gasteiger partial charge in [-0.25, -0.2) is 0 Å². The number of hydrogen-bond acceptors (Lipinski definition) is 10. The van der Waals surface area contributed by atoms with Crippen LogP contribution in [0.2, 0.25) is 0 Å². The number of carbonyl (C=O) groups excluding carboxylic acids is 4. The third-order valence-corrected chi connectivity index (χ3v) is 6.89. The Morgan fingerprint density at radius 2 is 1.00 bits per heavy atom. The van der Waals surface area contributed by atoms with Gasteiger partial charge in [0.05, 0.1) is 52.4 Å². The molecule has 3 aliphatic rings. The quantitative estimate of drug-likeness (QED) is 0.414. The lowest BCUT2D eigenvalue weighted by molar-refractivity contribution is -0.148. The van der Waals surface area contributed by atoms with Crippen molar-refractivity contribution in [3.63, 3.8) is 0 Å². The number of hydrogen-bond donors (Lipinski definition) is 0. The Morgan fingerprint density at radius 1 is 0.605 bits per heavy atom. The normalized spacial score (nSPS) is 20.8. The van der Waals surface area contributed by atoms with E-state index in [9.17, 15) is 19.2 Å². The van der Waals surface area contributed by atoms with E-state index in [1.165, 1.54) is 28.4 Å². The van der Waals surface area contributed by atoms with Gasteiger partial charge in [-0.1, -0.05) is 12.1 Å². The predicted octanol–water partition coefficient (Wildman–Crippen LogP) is 3.14. The van der Waals surface area contributed by atoms with Gasteiger partial charge in [-0.3, -0.25) is 19.2 Å². The summed E-state index contributed by atoms with van der Waals surface area (Å²) in [6, 6.07) is 9.86. The van der Waals surface area contributed by atoms with Gasteiger partial charge < -0.3 is 28.4 Å². The van der Waals surface area contributed by atoms with Crippen LogP contribution in [0, 0.1) is 0 Å². The summed E-state index contributed by atoms with van der Waals surface area (Å²) in [7, 11) is 5.88. The van der Waals surface area contributed by atoms with Crippen LogP contribution in [0.25, 0.3) is 0 Å². The van der Waals surface area contributed by atoms with Gasteiger partial charge in [0.25, 0.3) is 0 Å². The molecule has 5 rings (SSSR count). The van der Waals surface area contributed by atoms with Crippen LogP contribution in [0.15, 0.2) is 59.1 Å². The van der Waals surface area contributed by atoms with Gasteiger partial charge in [0, 0.05) is 35.1 Å². The van der Waals surface area contributed by atoms with Crippen LogP contribution in [0.1, 0.15) is 35.8 Å². The molecule has 0 radical (unpaired) electrons. The molecule has 196 valence electrons. The lowest BCUT2D eigenvalue weighted by Gasteiger charge is -2.35. The van der Waals surface area contributed by atoms with Crippen LogP contribution in [0.5, 0.6) is 23.0 Å². The molecule has 0 amide bonds. The van der Waals surface area contributed by atoms with E-state index in [0.717, 1.165) is 0 Å². The largest absolute Gasteiger partial charge is 0.497 e. The second kappa shape index (κ2) is 9.70. The van der Waals surface area contributed by atoms with Crippen LogP contribution in [0.3, 0.4) is 0 Å². The molecule has 38 heavy (non-hydrogen) atoms. The van der Waals surface area contributed by atoms with E-state index in [2.05, 4.69) is 0 Å². The number of methoxy groups -OCH3 is 4. The first-order chi connectivity index (χ1) is 18.3. The molecule has 2 atom stereocenters. The molecule has 0 spiro atoms. The maximum Gasteiger partial charge on any atom is 0.312 e. The van der Waals surface area contributed by atoms with Gasteiger partial charge in [-0.05, 0) is 12.1 Å². The number of Topliss-reactive ketones (excluding diaryl/α,β-unsaturated/α-hetero) is 2. The second-order valence-corrected chi connectivity index (χ2v) is 8.82. The predicted molar refractivity (Wildman–Crippen MR) is 130 cm³/mol. The standard InChI is InChI=1S/C28H24O10/c1-33-13-5-7-15(19(9-13)35-3)17-11-21(29)37-27-23(17)25(31)28-24(26(27)32)18(12-22(30)38-28)16-8-6-14(34-2)10-20(16)36-4/h5-10,17-18H,11-12H2,1-4H3. The number of allylic oxidation sites excluding steroid dienone is 2. The number of benzene rings is 2. The number of ether oxygens (including phenoxy) is 6. The maximum atomic E-state index is 13.9. The molecule has 2 aromatic rings. The lowest BCUT2D eigenvalue weighted by Crippen LogP contribution is -2.39. The van der Waals surface area contributed by atoms with Crippen molar-refractivity contribution < 1.29 is 47.6 Å². The van der Waals surface area contributed by atoms with Crippen LogP contribution in [-0.2, 0) is 28.7 Å². The van der Waals surface area contributed by atoms with Crippen LogP contribution >= 0.6 is 0 Å². The van der Waals surface area contributed by atoms with Gasteiger partial charge >= 0.3 is 11.9 Å². The van der Waals surface area contributed by atoms with Gasteiger partial charge in [0.1, 0.15) is 23.0 Å². The number of esters is 2. The highest BCUT2D eigenvalue weighted by molar-refractivity contribution is 6.27. The number of carbonyl (C=O) groups is 4. The molecule has 2 unspecified atom stereocenters. The third-order valence-electron chi connectivity index (χ3n) is 6.89. The maximum absolute atomic E-state index is 13.9. The Balaban J connectivity index is 1.65. The monoisotopic (exact) mass is 520 g/mol. The molecule has 10 nitrogen and oxygen atoms in total. The number of ketones is 2. The van der Waals surface area contributed by atoms with E-state index in [4.69, 9.17) is 28.4 Å². The molecule has 0 saturated carbocycles. The molecule has 1 aliphatic carbocycles. The summed E-state index contributed by atoms with van der Waals surface area (Å²) in [6.07, 6.45) is -0.431. The van der Waals surface area contributed by atoms with E-state index in [-0.39, 0.29) is 35.5 Å². The van der Waals surface area contributed by atoms with Gasteiger partial charge in [-0.2, -0.15) is 0 Å². The number of rotatable bonds is 6. The highest BCUT2D eigenvalue weighted by Gasteiger charge is 2.50. The fourth-order valence-corrected chi connectivity index (χ4v) is 5.12. The summed E-state index contributed by atoms with van der Waals surface area (Å²) in [5.74, 6) is -3.50. The van der Waals surface area contributed by atoms with Crippen molar-refractivity contribution in [2.75, 3.05) is 28.4 Å². The first kappa shape index (κ1) is 25.1. The highest BCUT2D eigenvalue weighted by Crippen LogP contribution is 2.49. The SMILES string of the molecule is COc1ccc(C2CC(=O)OC3=C2C(=O)C2=C(C3=O)C(c3ccc(OC)cc3OC)CC(=O)O2)c(OC)c1. The minimum atomic E-state index is -0.868. The molecule has 0 aromatic heterocycles. The molecule has 0 saturated heterocycles. The van der Waals surface area contributed by atoms with Gasteiger partial charge in [0.2, 0.25) is 11.6 Å². The fourth-order valence-electron chi connectivity index (χ4n) is 5.12. The van der Waals surface area contributed by atoms with Crippen LogP contribution < -0.4 is 18.9 Å². The molecule has 10 heteroatoms. The first-order valence-corrected chi connectivity index (χ1v) is 11.7. The zero-order valence-corrected chi connectivity index (χ0v) is 21.1. The summed E-state index contributed by atoms with van der Waals surface area (Å²) < 4.78 is 32.2. The molecule has 0 fully saturated rings. The highest BCUT2D eigenvalue weighted by atomic mass is 16.6. The Labute approximate surface area is 217 Å². The van der Waals surface area contributed by atoms with Crippen molar-refractivity contribution in [2.45, 2.75) is 24.7 Å². The first-order valence-electron chi connectivity index (χ1n) is 11.7. The van der Waals surface area contributed by atoms with Crippen molar-refractivity contribution in [3.8, 4) is 23.0 Å². The average molecular weight is 520 g/mol. The second-order valence-electron chi connectivity index (χ2n) is 8.82. The molecular formula is C28H24O10. The minimum absolute atomic E-state index is 0.0630. The smallest absolute Gasteiger partial charge is 0.312 e. The summed E-state index contributed by atoms with van der Waals surface area (Å²) in [4.78, 5) is 53.1. The Hall–Kier alpha value is -4.60. The molecule has 0 N–H and O–H groups in total. The van der Waals surface area contributed by atoms with Crippen molar-refractivity contribution in [1.82, 2.24) is 0 Å². The van der Waals surface area contributed by atoms with Crippen molar-refractivity contribution in [1.29, 1.82) is 0 Å². The van der Waals surface area contributed by atoms with Crippen molar-refractivity contribution in [3.05, 3.63) is 70.2 Å². The third kappa shape index (κ3) is 3.98. The van der Waals surface area contributed by atoms with E-state index >= 15 is 0 Å². The van der Waals surface area contributed by atoms with E-state index in [1.54, 1.807) is 36.4 Å². The molecule has 2 heterocycles. The van der Waals surface area contributed by atoms with Crippen LogP contribution in [0.4, 0.5) is 0 Å². The lowest BCUT2D eigenvalue weighted by atomic mass is 9.74. The zero-order valence-electron chi connectivity index (χ0n) is 21.1. The minimum Gasteiger partial charge on any atom is -0.497 e. The van der Waals surface area contributed by atoms with Crippen LogP contribution in [-0.4, -0.2) is 51.9 Å². The van der Waals surface area contributed by atoms with E-state index < -0.39 is 35.3 Å². The molecule has 2 aliphatic heterocycles. The molecule has 0 bridgehead atoms. The summed E-state index contributed by atoms with van der Waals surface area (Å²) in [6.45, 7) is 0. The molecular weight excluding hydrogens is 496 g/mol. The van der Waals surface area contributed by atoms with E-state index in [0.29, 0.717) is 34.1 Å². The van der Waals surface area contributed by atoms with Crippen molar-refractivity contribution in [2.24, 2.45) is 0 Å². The summed E-state index contributed by atoms with van der Waals surface area (Å²) in [5, 5.41) is 0. The molecule has 2 aromatic carbocycles. The summed E-state index contributed by atoms with van der Waals surface area (Å²) in [5.41, 5.74) is 0.843. The zero-order chi connectivity index (χ0) is 27.1. The summed E-state index contributed by atoms with van der Waals surface area (Å²) >= 11 is 0. The Morgan fingerprint density at radius 3 is 1.34 bits per heavy atom. The Bertz CT molecular complexity index is 1340. The van der Waals surface area contributed by atoms with Gasteiger partial charge in [0.15, 0.2) is 11.5 Å². The van der Waals surface area contributed by atoms with Gasteiger partial charge in [-0.15, -0.1) is 0 Å². The van der Waals surface area contributed by atoms with Crippen molar-refractivity contribution >= 4 is 23.5 Å². The Kier molecular flexibility index (Phi) is 6.40. The fraction of sp³-hybridized carbons (Fsp3) is 0.286. The van der Waals surface area contributed by atoms with E-state index in [1.807, 2.05) is 0 Å².